The summed E-state index contributed by atoms with van der Waals surface area (Å²) in [6.07, 6.45) is 4.69. The quantitative estimate of drug-likeness (QED) is 0.817. The van der Waals surface area contributed by atoms with Crippen molar-refractivity contribution in [2.24, 2.45) is 0 Å². The number of fused-ring (bicyclic) bond motifs is 1. The Labute approximate surface area is 144 Å². The predicted octanol–water partition coefficient (Wildman–Crippen LogP) is 1.12. The number of hydrogen-bond acceptors (Lipinski definition) is 4. The van der Waals surface area contributed by atoms with Gasteiger partial charge in [-0.2, -0.15) is 0 Å². The lowest BCUT2D eigenvalue weighted by atomic mass is 9.87. The number of sulfone groups is 1. The average molecular weight is 350 g/mol. The lowest BCUT2D eigenvalue weighted by Gasteiger charge is -2.41. The third-order valence-electron chi connectivity index (χ3n) is 5.19. The highest BCUT2D eigenvalue weighted by molar-refractivity contribution is 7.90. The second kappa shape index (κ2) is 7.23. The lowest BCUT2D eigenvalue weighted by molar-refractivity contribution is -0.132. The molecule has 1 atom stereocenters. The SMILES string of the molecule is CS(=O)(=O)CCC(=O)N1CCN(C2CCc3ccccc3C2)CC1. The number of nitrogens with zero attached hydrogens (tertiary/aromatic N) is 2. The van der Waals surface area contributed by atoms with Crippen LogP contribution in [0.2, 0.25) is 0 Å². The molecule has 1 aliphatic heterocycles. The molecular weight excluding hydrogens is 324 g/mol. The van der Waals surface area contributed by atoms with E-state index in [4.69, 9.17) is 0 Å². The highest BCUT2D eigenvalue weighted by atomic mass is 32.2. The zero-order chi connectivity index (χ0) is 17.2. The van der Waals surface area contributed by atoms with Crippen LogP contribution in [0.15, 0.2) is 24.3 Å². The first kappa shape index (κ1) is 17.4. The zero-order valence-corrected chi connectivity index (χ0v) is 15.1. The highest BCUT2D eigenvalue weighted by Gasteiger charge is 2.28. The van der Waals surface area contributed by atoms with Crippen LogP contribution in [0.4, 0.5) is 0 Å². The Morgan fingerprint density at radius 3 is 2.46 bits per heavy atom. The van der Waals surface area contributed by atoms with E-state index in [0.29, 0.717) is 19.1 Å². The van der Waals surface area contributed by atoms with Crippen LogP contribution in [0.1, 0.15) is 24.0 Å². The first-order valence-corrected chi connectivity index (χ1v) is 10.7. The van der Waals surface area contributed by atoms with E-state index in [2.05, 4.69) is 29.2 Å². The molecule has 1 aliphatic carbocycles. The number of hydrogen-bond donors (Lipinski definition) is 0. The summed E-state index contributed by atoms with van der Waals surface area (Å²) in [6, 6.07) is 9.24. The van der Waals surface area contributed by atoms with Gasteiger partial charge in [0.15, 0.2) is 0 Å². The van der Waals surface area contributed by atoms with Crippen molar-refractivity contribution < 1.29 is 13.2 Å². The van der Waals surface area contributed by atoms with Crippen LogP contribution in [0.5, 0.6) is 0 Å². The van der Waals surface area contributed by atoms with E-state index in [0.717, 1.165) is 25.9 Å². The standard InChI is InChI=1S/C18H26N2O3S/c1-24(22,23)13-8-18(21)20-11-9-19(10-12-20)17-7-6-15-4-2-3-5-16(15)14-17/h2-5,17H,6-14H2,1H3. The van der Waals surface area contributed by atoms with E-state index in [1.807, 2.05) is 4.90 Å². The molecule has 0 spiro atoms. The molecule has 1 heterocycles. The van der Waals surface area contributed by atoms with Crippen molar-refractivity contribution >= 4 is 15.7 Å². The Morgan fingerprint density at radius 1 is 1.12 bits per heavy atom. The highest BCUT2D eigenvalue weighted by Crippen LogP contribution is 2.25. The Morgan fingerprint density at radius 2 is 1.79 bits per heavy atom. The van der Waals surface area contributed by atoms with Crippen LogP contribution in [-0.2, 0) is 27.5 Å². The van der Waals surface area contributed by atoms with Crippen LogP contribution < -0.4 is 0 Å². The van der Waals surface area contributed by atoms with Gasteiger partial charge in [0, 0.05) is 44.9 Å². The largest absolute Gasteiger partial charge is 0.340 e. The van der Waals surface area contributed by atoms with Gasteiger partial charge >= 0.3 is 0 Å². The van der Waals surface area contributed by atoms with Crippen molar-refractivity contribution in [3.8, 4) is 0 Å². The van der Waals surface area contributed by atoms with E-state index >= 15 is 0 Å². The molecule has 0 saturated carbocycles. The molecule has 0 N–H and O–H groups in total. The summed E-state index contributed by atoms with van der Waals surface area (Å²) < 4.78 is 22.4. The normalized spacial score (nSPS) is 22.2. The minimum Gasteiger partial charge on any atom is -0.340 e. The third-order valence-corrected chi connectivity index (χ3v) is 6.14. The van der Waals surface area contributed by atoms with Crippen LogP contribution in [-0.4, -0.2) is 68.4 Å². The lowest BCUT2D eigenvalue weighted by Crippen LogP contribution is -2.53. The molecule has 1 saturated heterocycles. The van der Waals surface area contributed by atoms with E-state index < -0.39 is 9.84 Å². The third kappa shape index (κ3) is 4.36. The van der Waals surface area contributed by atoms with Gasteiger partial charge in [0.05, 0.1) is 5.75 Å². The molecule has 0 aromatic heterocycles. The maximum absolute atomic E-state index is 12.1. The summed E-state index contributed by atoms with van der Waals surface area (Å²) in [5.41, 5.74) is 2.93. The molecule has 3 rings (SSSR count). The fourth-order valence-corrected chi connectivity index (χ4v) is 4.30. The minimum absolute atomic E-state index is 0.0333. The van der Waals surface area contributed by atoms with Crippen LogP contribution in [0, 0.1) is 0 Å². The van der Waals surface area contributed by atoms with Gasteiger partial charge in [0.2, 0.25) is 5.91 Å². The molecule has 1 fully saturated rings. The van der Waals surface area contributed by atoms with Crippen LogP contribution in [0.25, 0.3) is 0 Å². The molecule has 5 nitrogen and oxygen atoms in total. The first-order valence-electron chi connectivity index (χ1n) is 8.69. The van der Waals surface area contributed by atoms with Gasteiger partial charge < -0.3 is 4.90 Å². The van der Waals surface area contributed by atoms with Crippen molar-refractivity contribution in [1.29, 1.82) is 0 Å². The summed E-state index contributed by atoms with van der Waals surface area (Å²) >= 11 is 0. The number of piperazine rings is 1. The average Bonchev–Trinajstić information content (AvgIpc) is 2.59. The van der Waals surface area contributed by atoms with E-state index in [9.17, 15) is 13.2 Å². The van der Waals surface area contributed by atoms with Gasteiger partial charge in [-0.1, -0.05) is 24.3 Å². The Kier molecular flexibility index (Phi) is 5.25. The summed E-state index contributed by atoms with van der Waals surface area (Å²) in [4.78, 5) is 16.4. The summed E-state index contributed by atoms with van der Waals surface area (Å²) in [6.45, 7) is 3.19. The molecular formula is C18H26N2O3S. The Hall–Kier alpha value is -1.40. The van der Waals surface area contributed by atoms with E-state index in [1.165, 1.54) is 23.8 Å². The molecule has 0 radical (unpaired) electrons. The Bertz CT molecular complexity index is 694. The van der Waals surface area contributed by atoms with Gasteiger partial charge in [-0.25, -0.2) is 8.42 Å². The molecule has 1 aromatic carbocycles. The molecule has 2 aliphatic rings. The van der Waals surface area contributed by atoms with E-state index in [1.54, 1.807) is 0 Å². The minimum atomic E-state index is -3.07. The van der Waals surface area contributed by atoms with Gasteiger partial charge in [-0.15, -0.1) is 0 Å². The molecule has 1 unspecified atom stereocenters. The van der Waals surface area contributed by atoms with Gasteiger partial charge in [0.1, 0.15) is 9.84 Å². The van der Waals surface area contributed by atoms with Crippen molar-refractivity contribution in [3.63, 3.8) is 0 Å². The molecule has 132 valence electrons. The second-order valence-corrected chi connectivity index (χ2v) is 9.22. The number of carbonyl (C=O) groups is 1. The van der Waals surface area contributed by atoms with Crippen LogP contribution in [0.3, 0.4) is 0 Å². The number of benzene rings is 1. The molecule has 1 amide bonds. The summed E-state index contributed by atoms with van der Waals surface area (Å²) in [5, 5.41) is 0. The van der Waals surface area contributed by atoms with Crippen molar-refractivity contribution in [3.05, 3.63) is 35.4 Å². The number of carbonyl (C=O) groups excluding carboxylic acids is 1. The maximum atomic E-state index is 12.1. The number of aryl methyl sites for hydroxylation is 1. The maximum Gasteiger partial charge on any atom is 0.223 e. The zero-order valence-electron chi connectivity index (χ0n) is 14.3. The van der Waals surface area contributed by atoms with Gasteiger partial charge in [-0.3, -0.25) is 9.69 Å². The Balaban J connectivity index is 1.50. The van der Waals surface area contributed by atoms with Crippen molar-refractivity contribution in [2.45, 2.75) is 31.7 Å². The number of amides is 1. The molecule has 0 bridgehead atoms. The fourth-order valence-electron chi connectivity index (χ4n) is 3.76. The molecule has 24 heavy (non-hydrogen) atoms. The second-order valence-electron chi connectivity index (χ2n) is 6.96. The molecule has 1 aromatic rings. The van der Waals surface area contributed by atoms with E-state index in [-0.39, 0.29) is 18.1 Å². The summed E-state index contributed by atoms with van der Waals surface area (Å²) in [7, 11) is -3.07. The van der Waals surface area contributed by atoms with Gasteiger partial charge in [0.25, 0.3) is 0 Å². The van der Waals surface area contributed by atoms with Crippen molar-refractivity contribution in [2.75, 3.05) is 38.2 Å². The predicted molar refractivity (Wildman–Crippen MR) is 94.7 cm³/mol. The molecule has 6 heteroatoms. The van der Waals surface area contributed by atoms with Gasteiger partial charge in [-0.05, 0) is 30.4 Å². The first-order chi connectivity index (χ1) is 11.4. The summed E-state index contributed by atoms with van der Waals surface area (Å²) in [5.74, 6) is -0.0834. The smallest absolute Gasteiger partial charge is 0.223 e. The monoisotopic (exact) mass is 350 g/mol. The van der Waals surface area contributed by atoms with Crippen molar-refractivity contribution in [1.82, 2.24) is 9.80 Å². The van der Waals surface area contributed by atoms with Crippen LogP contribution >= 0.6 is 0 Å². The number of rotatable bonds is 4. The fraction of sp³-hybridized carbons (Fsp3) is 0.611. The topological polar surface area (TPSA) is 57.7 Å².